The fourth-order valence-electron chi connectivity index (χ4n) is 3.55. The summed E-state index contributed by atoms with van der Waals surface area (Å²) in [6.07, 6.45) is 0. The molecule has 184 valence electrons. The van der Waals surface area contributed by atoms with Crippen LogP contribution >= 0.6 is 11.6 Å². The zero-order valence-electron chi connectivity index (χ0n) is 19.1. The molecule has 0 heterocycles. The van der Waals surface area contributed by atoms with Crippen LogP contribution in [-0.4, -0.2) is 14.3 Å². The minimum absolute atomic E-state index is 0.0272. The normalized spacial score (nSPS) is 11.2. The maximum atomic E-state index is 13.8. The van der Waals surface area contributed by atoms with Crippen LogP contribution in [0, 0.1) is 18.6 Å². The molecule has 9 heteroatoms. The molecule has 0 unspecified atom stereocenters. The van der Waals surface area contributed by atoms with E-state index < -0.39 is 27.6 Å². The predicted molar refractivity (Wildman–Crippen MR) is 137 cm³/mol. The van der Waals surface area contributed by atoms with E-state index in [0.29, 0.717) is 10.6 Å². The minimum atomic E-state index is -4.11. The summed E-state index contributed by atoms with van der Waals surface area (Å²) in [6, 6.07) is 22.2. The first-order valence-corrected chi connectivity index (χ1v) is 12.7. The first kappa shape index (κ1) is 25.3. The zero-order chi connectivity index (χ0) is 25.9. The van der Waals surface area contributed by atoms with Crippen molar-refractivity contribution in [3.05, 3.63) is 124 Å². The quantitative estimate of drug-likeness (QED) is 0.296. The summed E-state index contributed by atoms with van der Waals surface area (Å²) in [4.78, 5) is 13.2. The third-order valence-corrected chi connectivity index (χ3v) is 7.47. The van der Waals surface area contributed by atoms with E-state index in [1.54, 1.807) is 48.5 Å². The fourth-order valence-corrected chi connectivity index (χ4v) is 5.15. The largest absolute Gasteiger partial charge is 0.322 e. The predicted octanol–water partition coefficient (Wildman–Crippen LogP) is 6.57. The van der Waals surface area contributed by atoms with E-state index >= 15 is 0 Å². The van der Waals surface area contributed by atoms with Crippen molar-refractivity contribution in [1.29, 1.82) is 0 Å². The number of carbonyl (C=O) groups is 1. The molecule has 1 N–H and O–H groups in total. The maximum Gasteiger partial charge on any atom is 0.264 e. The Bertz CT molecular complexity index is 1510. The van der Waals surface area contributed by atoms with E-state index in [4.69, 9.17) is 11.6 Å². The summed E-state index contributed by atoms with van der Waals surface area (Å²) < 4.78 is 55.7. The second-order valence-electron chi connectivity index (χ2n) is 8.05. The van der Waals surface area contributed by atoms with Crippen LogP contribution in [0.15, 0.2) is 95.9 Å². The molecule has 4 aromatic carbocycles. The molecule has 0 fully saturated rings. The molecule has 0 aliphatic carbocycles. The molecular formula is C27H21ClF2N2O3S. The SMILES string of the molecule is Cc1ccc(S(=O)(=O)N(Cc2ccc(Cl)cc2)c2ccccc2C(=O)Nc2ccc(F)c(F)c2)cc1. The number of hydrogen-bond acceptors (Lipinski definition) is 3. The van der Waals surface area contributed by atoms with Gasteiger partial charge in [-0.25, -0.2) is 17.2 Å². The molecule has 0 radical (unpaired) electrons. The molecule has 1 amide bonds. The molecule has 0 saturated heterocycles. The molecule has 0 bridgehead atoms. The monoisotopic (exact) mass is 526 g/mol. The third kappa shape index (κ3) is 5.56. The summed E-state index contributed by atoms with van der Waals surface area (Å²) >= 11 is 6.00. The topological polar surface area (TPSA) is 66.5 Å². The van der Waals surface area contributed by atoms with Gasteiger partial charge in [0.05, 0.1) is 22.7 Å². The Morgan fingerprint density at radius 3 is 2.22 bits per heavy atom. The lowest BCUT2D eigenvalue weighted by Crippen LogP contribution is -2.32. The van der Waals surface area contributed by atoms with Gasteiger partial charge in [0.1, 0.15) is 0 Å². The lowest BCUT2D eigenvalue weighted by atomic mass is 10.1. The second kappa shape index (κ2) is 10.5. The van der Waals surface area contributed by atoms with Gasteiger partial charge < -0.3 is 5.32 Å². The standard InChI is InChI=1S/C27H21ClF2N2O3S/c1-18-6-13-22(14-7-18)36(34,35)32(17-19-8-10-20(28)11-9-19)26-5-3-2-4-23(26)27(33)31-21-12-15-24(29)25(30)16-21/h2-16H,17H2,1H3,(H,31,33). The van der Waals surface area contributed by atoms with Crippen molar-refractivity contribution < 1.29 is 22.0 Å². The number of para-hydroxylation sites is 1. The Morgan fingerprint density at radius 1 is 0.889 bits per heavy atom. The fraction of sp³-hybridized carbons (Fsp3) is 0.0741. The van der Waals surface area contributed by atoms with Crippen LogP contribution < -0.4 is 9.62 Å². The van der Waals surface area contributed by atoms with Crippen LogP contribution in [0.3, 0.4) is 0 Å². The third-order valence-electron chi connectivity index (χ3n) is 5.44. The van der Waals surface area contributed by atoms with Gasteiger partial charge in [-0.3, -0.25) is 9.10 Å². The van der Waals surface area contributed by atoms with Gasteiger partial charge >= 0.3 is 0 Å². The summed E-state index contributed by atoms with van der Waals surface area (Å²) in [5.74, 6) is -2.85. The lowest BCUT2D eigenvalue weighted by Gasteiger charge is -2.27. The number of aryl methyl sites for hydroxylation is 1. The van der Waals surface area contributed by atoms with E-state index in [1.807, 2.05) is 6.92 Å². The average molecular weight is 527 g/mol. The summed E-state index contributed by atoms with van der Waals surface area (Å²) in [6.45, 7) is 1.77. The zero-order valence-corrected chi connectivity index (χ0v) is 20.7. The summed E-state index contributed by atoms with van der Waals surface area (Å²) in [7, 11) is -4.11. The molecule has 0 aromatic heterocycles. The van der Waals surface area contributed by atoms with Crippen molar-refractivity contribution in [3.63, 3.8) is 0 Å². The number of carbonyl (C=O) groups excluding carboxylic acids is 1. The highest BCUT2D eigenvalue weighted by molar-refractivity contribution is 7.92. The average Bonchev–Trinajstić information content (AvgIpc) is 2.86. The van der Waals surface area contributed by atoms with Crippen LogP contribution in [0.4, 0.5) is 20.2 Å². The Kier molecular flexibility index (Phi) is 7.37. The van der Waals surface area contributed by atoms with E-state index in [9.17, 15) is 22.0 Å². The van der Waals surface area contributed by atoms with E-state index in [1.165, 1.54) is 30.3 Å². The van der Waals surface area contributed by atoms with Gasteiger partial charge in [0.25, 0.3) is 15.9 Å². The van der Waals surface area contributed by atoms with Crippen molar-refractivity contribution in [2.45, 2.75) is 18.4 Å². The smallest absolute Gasteiger partial charge is 0.264 e. The van der Waals surface area contributed by atoms with Crippen molar-refractivity contribution in [3.8, 4) is 0 Å². The number of anilines is 2. The van der Waals surface area contributed by atoms with Crippen molar-refractivity contribution >= 4 is 38.9 Å². The first-order chi connectivity index (χ1) is 17.1. The number of benzene rings is 4. The number of nitrogens with one attached hydrogen (secondary N) is 1. The highest BCUT2D eigenvalue weighted by atomic mass is 35.5. The van der Waals surface area contributed by atoms with Gasteiger partial charge in [-0.15, -0.1) is 0 Å². The molecule has 36 heavy (non-hydrogen) atoms. The number of halogens is 3. The molecule has 0 atom stereocenters. The molecule has 4 aromatic rings. The number of rotatable bonds is 7. The van der Waals surface area contributed by atoms with Crippen LogP contribution in [-0.2, 0) is 16.6 Å². The highest BCUT2D eigenvalue weighted by Crippen LogP contribution is 2.30. The van der Waals surface area contributed by atoms with Gasteiger partial charge in [0.15, 0.2) is 11.6 Å². The number of amides is 1. The van der Waals surface area contributed by atoms with E-state index in [-0.39, 0.29) is 28.4 Å². The molecule has 0 aliphatic heterocycles. The van der Waals surface area contributed by atoms with Crippen LogP contribution in [0.1, 0.15) is 21.5 Å². The van der Waals surface area contributed by atoms with Gasteiger partial charge in [-0.05, 0) is 61.0 Å². The molecule has 4 rings (SSSR count). The second-order valence-corrected chi connectivity index (χ2v) is 10.4. The Hall–Kier alpha value is -3.75. The lowest BCUT2D eigenvalue weighted by molar-refractivity contribution is 0.102. The molecule has 5 nitrogen and oxygen atoms in total. The minimum Gasteiger partial charge on any atom is -0.322 e. The van der Waals surface area contributed by atoms with Gasteiger partial charge in [-0.1, -0.05) is 53.6 Å². The van der Waals surface area contributed by atoms with Crippen molar-refractivity contribution in [2.24, 2.45) is 0 Å². The highest BCUT2D eigenvalue weighted by Gasteiger charge is 2.28. The molecule has 0 saturated carbocycles. The molecular weight excluding hydrogens is 506 g/mol. The molecule has 0 spiro atoms. The Balaban J connectivity index is 1.78. The molecule has 0 aliphatic rings. The van der Waals surface area contributed by atoms with Crippen LogP contribution in [0.2, 0.25) is 5.02 Å². The number of nitrogens with zero attached hydrogens (tertiary/aromatic N) is 1. The van der Waals surface area contributed by atoms with Gasteiger partial charge in [0, 0.05) is 16.8 Å². The maximum absolute atomic E-state index is 13.8. The first-order valence-electron chi connectivity index (χ1n) is 10.8. The number of hydrogen-bond donors (Lipinski definition) is 1. The summed E-state index contributed by atoms with van der Waals surface area (Å²) in [5, 5.41) is 3.01. The van der Waals surface area contributed by atoms with Crippen molar-refractivity contribution in [1.82, 2.24) is 0 Å². The van der Waals surface area contributed by atoms with Crippen molar-refractivity contribution in [2.75, 3.05) is 9.62 Å². The Labute approximate surface area is 213 Å². The van der Waals surface area contributed by atoms with Gasteiger partial charge in [0.2, 0.25) is 0 Å². The van der Waals surface area contributed by atoms with Crippen LogP contribution in [0.5, 0.6) is 0 Å². The van der Waals surface area contributed by atoms with E-state index in [2.05, 4.69) is 5.32 Å². The van der Waals surface area contributed by atoms with Gasteiger partial charge in [-0.2, -0.15) is 0 Å². The Morgan fingerprint density at radius 2 is 1.56 bits per heavy atom. The number of sulfonamides is 1. The van der Waals surface area contributed by atoms with Crippen LogP contribution in [0.25, 0.3) is 0 Å². The summed E-state index contributed by atoms with van der Waals surface area (Å²) in [5.41, 5.74) is 1.72. The van der Waals surface area contributed by atoms with E-state index in [0.717, 1.165) is 22.0 Å².